The zero-order chi connectivity index (χ0) is 18.6. The van der Waals surface area contributed by atoms with Gasteiger partial charge in [-0.25, -0.2) is 4.39 Å². The molecule has 0 saturated heterocycles. The van der Waals surface area contributed by atoms with Crippen molar-refractivity contribution in [1.29, 1.82) is 0 Å². The zero-order valence-corrected chi connectivity index (χ0v) is 16.5. The standard InChI is InChI=1S/C23H34F2O/c1-3-14-23(19-10-11-20(26-4-2)22(25)21(19)24)15-12-18(13-16-23)17-8-6-5-7-9-17/h10-11,17-18H,3-9,12-16H2,1-2H3/t18-,23+. The van der Waals surface area contributed by atoms with E-state index in [1.165, 1.54) is 44.9 Å². The van der Waals surface area contributed by atoms with Crippen LogP contribution in [0.25, 0.3) is 0 Å². The molecule has 2 saturated carbocycles. The van der Waals surface area contributed by atoms with Crippen LogP contribution in [0.15, 0.2) is 12.1 Å². The minimum absolute atomic E-state index is 0.0382. The first-order valence-electron chi connectivity index (χ1n) is 10.7. The summed E-state index contributed by atoms with van der Waals surface area (Å²) >= 11 is 0. The Morgan fingerprint density at radius 2 is 1.58 bits per heavy atom. The lowest BCUT2D eigenvalue weighted by Gasteiger charge is -2.44. The van der Waals surface area contributed by atoms with E-state index in [-0.39, 0.29) is 11.2 Å². The summed E-state index contributed by atoms with van der Waals surface area (Å²) in [6.07, 6.45) is 13.1. The van der Waals surface area contributed by atoms with E-state index in [2.05, 4.69) is 6.92 Å². The van der Waals surface area contributed by atoms with E-state index in [0.717, 1.165) is 37.5 Å². The Bertz CT molecular complexity index is 584. The van der Waals surface area contributed by atoms with Gasteiger partial charge in [-0.1, -0.05) is 51.5 Å². The molecule has 146 valence electrons. The fraction of sp³-hybridized carbons (Fsp3) is 0.739. The van der Waals surface area contributed by atoms with Gasteiger partial charge in [0.2, 0.25) is 5.82 Å². The lowest BCUT2D eigenvalue weighted by atomic mass is 9.61. The normalized spacial score (nSPS) is 27.5. The molecule has 0 atom stereocenters. The monoisotopic (exact) mass is 364 g/mol. The lowest BCUT2D eigenvalue weighted by molar-refractivity contribution is 0.139. The molecule has 0 spiro atoms. The lowest BCUT2D eigenvalue weighted by Crippen LogP contribution is -2.35. The van der Waals surface area contributed by atoms with Crippen LogP contribution in [-0.4, -0.2) is 6.61 Å². The topological polar surface area (TPSA) is 9.23 Å². The summed E-state index contributed by atoms with van der Waals surface area (Å²) in [4.78, 5) is 0. The van der Waals surface area contributed by atoms with Crippen LogP contribution in [0.3, 0.4) is 0 Å². The summed E-state index contributed by atoms with van der Waals surface area (Å²) < 4.78 is 34.7. The highest BCUT2D eigenvalue weighted by Crippen LogP contribution is 2.49. The van der Waals surface area contributed by atoms with Gasteiger partial charge in [0, 0.05) is 0 Å². The van der Waals surface area contributed by atoms with Crippen LogP contribution in [0.4, 0.5) is 8.78 Å². The molecule has 0 aliphatic heterocycles. The molecule has 0 heterocycles. The zero-order valence-electron chi connectivity index (χ0n) is 16.5. The number of halogens is 2. The van der Waals surface area contributed by atoms with Crippen molar-refractivity contribution < 1.29 is 13.5 Å². The van der Waals surface area contributed by atoms with E-state index in [1.807, 2.05) is 0 Å². The SMILES string of the molecule is CCC[C@]1(c2ccc(OCC)c(F)c2F)CC[C@@H](C2CCCCC2)CC1. The maximum absolute atomic E-state index is 14.9. The van der Waals surface area contributed by atoms with Gasteiger partial charge in [0.05, 0.1) is 6.61 Å². The molecule has 3 rings (SSSR count). The molecule has 1 aromatic rings. The minimum atomic E-state index is -0.811. The van der Waals surface area contributed by atoms with Gasteiger partial charge in [-0.3, -0.25) is 0 Å². The Hall–Kier alpha value is -1.12. The van der Waals surface area contributed by atoms with Crippen molar-refractivity contribution in [3.8, 4) is 5.75 Å². The first-order chi connectivity index (χ1) is 12.6. The van der Waals surface area contributed by atoms with Crippen LogP contribution in [0.1, 0.15) is 90.0 Å². The minimum Gasteiger partial charge on any atom is -0.491 e. The van der Waals surface area contributed by atoms with Gasteiger partial charge in [0.1, 0.15) is 0 Å². The molecule has 0 amide bonds. The summed E-state index contributed by atoms with van der Waals surface area (Å²) in [5, 5.41) is 0. The maximum atomic E-state index is 14.9. The Kier molecular flexibility index (Phi) is 6.58. The average molecular weight is 365 g/mol. The van der Waals surface area contributed by atoms with Crippen molar-refractivity contribution in [2.24, 2.45) is 11.8 Å². The molecule has 1 nitrogen and oxygen atoms in total. The Balaban J connectivity index is 1.80. The molecule has 2 fully saturated rings. The average Bonchev–Trinajstić information content (AvgIpc) is 2.67. The Morgan fingerprint density at radius 3 is 2.19 bits per heavy atom. The molecular weight excluding hydrogens is 330 g/mol. The molecule has 26 heavy (non-hydrogen) atoms. The molecule has 0 aromatic heterocycles. The highest BCUT2D eigenvalue weighted by atomic mass is 19.2. The smallest absolute Gasteiger partial charge is 0.200 e. The maximum Gasteiger partial charge on any atom is 0.200 e. The molecule has 0 unspecified atom stereocenters. The summed E-state index contributed by atoms with van der Waals surface area (Å²) in [6.45, 7) is 4.28. The van der Waals surface area contributed by atoms with Crippen molar-refractivity contribution in [3.05, 3.63) is 29.3 Å². The van der Waals surface area contributed by atoms with Crippen LogP contribution < -0.4 is 4.74 Å². The summed E-state index contributed by atoms with van der Waals surface area (Å²) in [5.41, 5.74) is 0.387. The Morgan fingerprint density at radius 1 is 0.923 bits per heavy atom. The summed E-state index contributed by atoms with van der Waals surface area (Å²) in [5.74, 6) is 0.201. The van der Waals surface area contributed by atoms with Crippen LogP contribution in [-0.2, 0) is 5.41 Å². The van der Waals surface area contributed by atoms with Gasteiger partial charge < -0.3 is 4.74 Å². The second-order valence-corrected chi connectivity index (χ2v) is 8.44. The molecule has 0 radical (unpaired) electrons. The highest BCUT2D eigenvalue weighted by molar-refractivity contribution is 5.36. The third-order valence-electron chi connectivity index (χ3n) is 6.95. The quantitative estimate of drug-likeness (QED) is 0.520. The summed E-state index contributed by atoms with van der Waals surface area (Å²) in [6, 6.07) is 3.42. The fourth-order valence-corrected chi connectivity index (χ4v) is 5.61. The van der Waals surface area contributed by atoms with Crippen molar-refractivity contribution >= 4 is 0 Å². The van der Waals surface area contributed by atoms with Gasteiger partial charge in [-0.15, -0.1) is 0 Å². The third-order valence-corrected chi connectivity index (χ3v) is 6.95. The van der Waals surface area contributed by atoms with Gasteiger partial charge in [0.15, 0.2) is 11.6 Å². The molecule has 1 aromatic carbocycles. The molecule has 0 bridgehead atoms. The number of rotatable bonds is 6. The van der Waals surface area contributed by atoms with E-state index in [1.54, 1.807) is 19.1 Å². The van der Waals surface area contributed by atoms with E-state index in [0.29, 0.717) is 12.2 Å². The van der Waals surface area contributed by atoms with Gasteiger partial charge >= 0.3 is 0 Å². The van der Waals surface area contributed by atoms with Gasteiger partial charge in [-0.2, -0.15) is 4.39 Å². The number of hydrogen-bond donors (Lipinski definition) is 0. The molecule has 0 N–H and O–H groups in total. The van der Waals surface area contributed by atoms with Crippen molar-refractivity contribution in [2.75, 3.05) is 6.61 Å². The molecule has 2 aliphatic rings. The second-order valence-electron chi connectivity index (χ2n) is 8.44. The van der Waals surface area contributed by atoms with Crippen LogP contribution in [0.5, 0.6) is 5.75 Å². The van der Waals surface area contributed by atoms with Gasteiger partial charge in [0.25, 0.3) is 0 Å². The first-order valence-corrected chi connectivity index (χ1v) is 10.7. The Labute approximate surface area is 157 Å². The van der Waals surface area contributed by atoms with Crippen molar-refractivity contribution in [1.82, 2.24) is 0 Å². The molecule has 3 heteroatoms. The largest absolute Gasteiger partial charge is 0.491 e. The van der Waals surface area contributed by atoms with E-state index in [4.69, 9.17) is 4.74 Å². The van der Waals surface area contributed by atoms with E-state index >= 15 is 0 Å². The second kappa shape index (κ2) is 8.71. The van der Waals surface area contributed by atoms with Crippen molar-refractivity contribution in [3.63, 3.8) is 0 Å². The highest BCUT2D eigenvalue weighted by Gasteiger charge is 2.40. The number of benzene rings is 1. The third kappa shape index (κ3) is 3.92. The predicted octanol–water partition coefficient (Wildman–Crippen LogP) is 7.17. The number of hydrogen-bond acceptors (Lipinski definition) is 1. The summed E-state index contributed by atoms with van der Waals surface area (Å²) in [7, 11) is 0. The van der Waals surface area contributed by atoms with Crippen LogP contribution >= 0.6 is 0 Å². The predicted molar refractivity (Wildman–Crippen MR) is 103 cm³/mol. The van der Waals surface area contributed by atoms with E-state index < -0.39 is 11.6 Å². The van der Waals surface area contributed by atoms with Crippen molar-refractivity contribution in [2.45, 2.75) is 89.9 Å². The van der Waals surface area contributed by atoms with Gasteiger partial charge in [-0.05, 0) is 67.9 Å². The fourth-order valence-electron chi connectivity index (χ4n) is 5.61. The van der Waals surface area contributed by atoms with Crippen LogP contribution in [0, 0.1) is 23.5 Å². The first kappa shape index (κ1) is 19.6. The van der Waals surface area contributed by atoms with Crippen LogP contribution in [0.2, 0.25) is 0 Å². The number of ether oxygens (including phenoxy) is 1. The molecular formula is C23H34F2O. The molecule has 2 aliphatic carbocycles. The van der Waals surface area contributed by atoms with E-state index in [9.17, 15) is 8.78 Å².